The number of nitrogens with zero attached hydrogens (tertiary/aromatic N) is 4. The van der Waals surface area contributed by atoms with Crippen molar-refractivity contribution in [3.05, 3.63) is 39.2 Å². The fourth-order valence-corrected chi connectivity index (χ4v) is 2.69. The minimum atomic E-state index is 0.135. The Morgan fingerprint density at radius 2 is 2.18 bits per heavy atom. The Balaban J connectivity index is 2.11. The average molecular weight is 285 g/mol. The van der Waals surface area contributed by atoms with Crippen LogP contribution in [0.15, 0.2) is 23.8 Å². The van der Waals surface area contributed by atoms with Crippen molar-refractivity contribution in [2.45, 2.75) is 6.54 Å². The fraction of sp³-hybridized carbons (Fsp3) is 0.100. The molecule has 0 saturated carbocycles. The molecule has 0 aromatic carbocycles. The monoisotopic (exact) mass is 284 g/mol. The molecule has 0 bridgehead atoms. The molecule has 0 aliphatic heterocycles. The number of imidazole rings is 1. The molecule has 3 aromatic rings. The van der Waals surface area contributed by atoms with Gasteiger partial charge in [0.25, 0.3) is 0 Å². The maximum atomic E-state index is 5.95. The summed E-state index contributed by atoms with van der Waals surface area (Å²) in [6.07, 6.45) is 1.70. The van der Waals surface area contributed by atoms with Crippen molar-refractivity contribution in [2.75, 3.05) is 0 Å². The Hall–Kier alpha value is -1.17. The summed E-state index contributed by atoms with van der Waals surface area (Å²) in [6.45, 7) is 0.706. The SMILES string of the molecule is Clc1nc(Cl)c2ncn(Cc3cccs3)c2n1. The van der Waals surface area contributed by atoms with Crippen molar-refractivity contribution < 1.29 is 0 Å². The van der Waals surface area contributed by atoms with E-state index in [9.17, 15) is 0 Å². The van der Waals surface area contributed by atoms with Gasteiger partial charge in [-0.25, -0.2) is 9.97 Å². The van der Waals surface area contributed by atoms with Gasteiger partial charge in [-0.15, -0.1) is 11.3 Å². The molecule has 86 valence electrons. The van der Waals surface area contributed by atoms with Crippen molar-refractivity contribution in [1.29, 1.82) is 0 Å². The molecule has 3 rings (SSSR count). The summed E-state index contributed by atoms with van der Waals surface area (Å²) >= 11 is 13.4. The topological polar surface area (TPSA) is 43.6 Å². The van der Waals surface area contributed by atoms with Crippen molar-refractivity contribution >= 4 is 45.7 Å². The average Bonchev–Trinajstić information content (AvgIpc) is 2.89. The summed E-state index contributed by atoms with van der Waals surface area (Å²) in [5.74, 6) is 0. The Morgan fingerprint density at radius 1 is 1.29 bits per heavy atom. The fourth-order valence-electron chi connectivity index (χ4n) is 1.57. The lowest BCUT2D eigenvalue weighted by atomic mass is 10.4. The van der Waals surface area contributed by atoms with E-state index in [1.807, 2.05) is 16.0 Å². The quantitative estimate of drug-likeness (QED) is 0.536. The van der Waals surface area contributed by atoms with Crippen LogP contribution < -0.4 is 0 Å². The van der Waals surface area contributed by atoms with E-state index < -0.39 is 0 Å². The zero-order valence-corrected chi connectivity index (χ0v) is 10.8. The van der Waals surface area contributed by atoms with E-state index in [2.05, 4.69) is 21.0 Å². The first kappa shape index (κ1) is 11.0. The molecule has 0 atom stereocenters. The highest BCUT2D eigenvalue weighted by molar-refractivity contribution is 7.09. The Labute approximate surface area is 111 Å². The summed E-state index contributed by atoms with van der Waals surface area (Å²) in [4.78, 5) is 13.4. The molecule has 0 aliphatic rings. The maximum Gasteiger partial charge on any atom is 0.225 e. The second-order valence-corrected chi connectivity index (χ2v) is 5.14. The summed E-state index contributed by atoms with van der Waals surface area (Å²) in [7, 11) is 0. The van der Waals surface area contributed by atoms with E-state index in [-0.39, 0.29) is 10.4 Å². The molecule has 4 nitrogen and oxygen atoms in total. The number of rotatable bonds is 2. The van der Waals surface area contributed by atoms with E-state index in [0.29, 0.717) is 17.7 Å². The number of thiophene rings is 1. The van der Waals surface area contributed by atoms with Gasteiger partial charge in [-0.1, -0.05) is 17.7 Å². The summed E-state index contributed by atoms with van der Waals surface area (Å²) in [5, 5.41) is 2.45. The third-order valence-electron chi connectivity index (χ3n) is 2.30. The van der Waals surface area contributed by atoms with Gasteiger partial charge < -0.3 is 4.57 Å². The normalized spacial score (nSPS) is 11.2. The van der Waals surface area contributed by atoms with Gasteiger partial charge in [0.05, 0.1) is 12.9 Å². The molecule has 0 saturated heterocycles. The molecule has 0 fully saturated rings. The van der Waals surface area contributed by atoms with E-state index in [4.69, 9.17) is 23.2 Å². The number of hydrogen-bond acceptors (Lipinski definition) is 4. The zero-order chi connectivity index (χ0) is 11.8. The molecular formula is C10H6Cl2N4S. The van der Waals surface area contributed by atoms with E-state index in [0.717, 1.165) is 0 Å². The van der Waals surface area contributed by atoms with Crippen molar-refractivity contribution in [2.24, 2.45) is 0 Å². The van der Waals surface area contributed by atoms with Crippen LogP contribution in [-0.4, -0.2) is 19.5 Å². The number of aromatic nitrogens is 4. The zero-order valence-electron chi connectivity index (χ0n) is 8.47. The van der Waals surface area contributed by atoms with Crippen LogP contribution in [0.25, 0.3) is 11.2 Å². The van der Waals surface area contributed by atoms with Crippen molar-refractivity contribution in [3.63, 3.8) is 0 Å². The first-order chi connectivity index (χ1) is 8.24. The molecule has 3 heterocycles. The van der Waals surface area contributed by atoms with Crippen LogP contribution in [0.2, 0.25) is 10.4 Å². The van der Waals surface area contributed by atoms with Crippen LogP contribution in [0, 0.1) is 0 Å². The lowest BCUT2D eigenvalue weighted by molar-refractivity contribution is 0.826. The molecular weight excluding hydrogens is 279 g/mol. The van der Waals surface area contributed by atoms with Gasteiger partial charge in [-0.05, 0) is 23.0 Å². The highest BCUT2D eigenvalue weighted by Crippen LogP contribution is 2.22. The first-order valence-electron chi connectivity index (χ1n) is 4.80. The van der Waals surface area contributed by atoms with Crippen LogP contribution in [-0.2, 0) is 6.54 Å². The van der Waals surface area contributed by atoms with Gasteiger partial charge in [0.2, 0.25) is 5.28 Å². The smallest absolute Gasteiger partial charge is 0.225 e. The van der Waals surface area contributed by atoms with Gasteiger partial charge in [-0.3, -0.25) is 0 Å². The molecule has 3 aromatic heterocycles. The second-order valence-electron chi connectivity index (χ2n) is 3.41. The van der Waals surface area contributed by atoms with Crippen molar-refractivity contribution in [3.8, 4) is 0 Å². The highest BCUT2D eigenvalue weighted by Gasteiger charge is 2.11. The third-order valence-corrected chi connectivity index (χ3v) is 3.59. The molecule has 0 aliphatic carbocycles. The Bertz CT molecular complexity index is 662. The van der Waals surface area contributed by atoms with Gasteiger partial charge in [-0.2, -0.15) is 4.98 Å². The predicted octanol–water partition coefficient (Wildman–Crippen LogP) is 3.24. The summed E-state index contributed by atoms with van der Waals surface area (Å²) in [6, 6.07) is 4.06. The van der Waals surface area contributed by atoms with Crippen LogP contribution in [0.5, 0.6) is 0 Å². The van der Waals surface area contributed by atoms with Gasteiger partial charge in [0.1, 0.15) is 5.52 Å². The van der Waals surface area contributed by atoms with Crippen LogP contribution >= 0.6 is 34.5 Å². The number of halogens is 2. The standard InChI is InChI=1S/C10H6Cl2N4S/c11-8-7-9(15-10(12)14-8)16(5-13-7)4-6-2-1-3-17-6/h1-3,5H,4H2. The summed E-state index contributed by atoms with van der Waals surface area (Å²) < 4.78 is 1.90. The minimum Gasteiger partial charge on any atom is -0.310 e. The second kappa shape index (κ2) is 4.25. The number of fused-ring (bicyclic) bond motifs is 1. The van der Waals surface area contributed by atoms with Gasteiger partial charge in [0, 0.05) is 4.88 Å². The molecule has 0 radical (unpaired) electrons. The van der Waals surface area contributed by atoms with Crippen LogP contribution in [0.4, 0.5) is 0 Å². The largest absolute Gasteiger partial charge is 0.310 e. The van der Waals surface area contributed by atoms with E-state index >= 15 is 0 Å². The lowest BCUT2D eigenvalue weighted by Gasteiger charge is -2.01. The molecule has 0 N–H and O–H groups in total. The number of hydrogen-bond donors (Lipinski definition) is 0. The Kier molecular flexibility index (Phi) is 2.74. The van der Waals surface area contributed by atoms with Crippen LogP contribution in [0.1, 0.15) is 4.88 Å². The Morgan fingerprint density at radius 3 is 2.94 bits per heavy atom. The molecule has 0 unspecified atom stereocenters. The highest BCUT2D eigenvalue weighted by atomic mass is 35.5. The van der Waals surface area contributed by atoms with Crippen molar-refractivity contribution in [1.82, 2.24) is 19.5 Å². The third kappa shape index (κ3) is 2.01. The molecule has 0 spiro atoms. The van der Waals surface area contributed by atoms with E-state index in [1.54, 1.807) is 17.7 Å². The molecule has 0 amide bonds. The lowest BCUT2D eigenvalue weighted by Crippen LogP contribution is -1.98. The first-order valence-corrected chi connectivity index (χ1v) is 6.44. The minimum absolute atomic E-state index is 0.135. The molecule has 17 heavy (non-hydrogen) atoms. The predicted molar refractivity (Wildman–Crippen MR) is 68.8 cm³/mol. The maximum absolute atomic E-state index is 5.95. The summed E-state index contributed by atoms with van der Waals surface area (Å²) in [5.41, 5.74) is 1.23. The molecule has 7 heteroatoms. The van der Waals surface area contributed by atoms with Gasteiger partial charge >= 0.3 is 0 Å². The van der Waals surface area contributed by atoms with Crippen LogP contribution in [0.3, 0.4) is 0 Å². The van der Waals surface area contributed by atoms with Gasteiger partial charge in [0.15, 0.2) is 10.8 Å². The van der Waals surface area contributed by atoms with E-state index in [1.165, 1.54) is 4.88 Å².